The number of alkyl halides is 3. The van der Waals surface area contributed by atoms with Gasteiger partial charge in [0.25, 0.3) is 0 Å². The first-order chi connectivity index (χ1) is 14.0. The van der Waals surface area contributed by atoms with Crippen molar-refractivity contribution in [2.45, 2.75) is 19.0 Å². The standard InChI is InChI=1S/C21H16Cl2F3NO2S/c1-10-15(20(27)29)2-3-16(19(10)12-8-30-9-12)18(28)7-17(21(24,25)26)11-4-13(22)6-14(23)5-11/h2-7,12H,8-9H2,1H3,(H2,27,29)/b17-7-. The number of rotatable bonds is 5. The lowest BCUT2D eigenvalue weighted by atomic mass is 9.86. The second-order valence-electron chi connectivity index (χ2n) is 6.88. The Kier molecular flexibility index (Phi) is 6.55. The molecule has 0 aromatic heterocycles. The summed E-state index contributed by atoms with van der Waals surface area (Å²) >= 11 is 13.3. The van der Waals surface area contributed by atoms with Crippen molar-refractivity contribution in [3.05, 3.63) is 74.3 Å². The maximum atomic E-state index is 13.8. The third kappa shape index (κ3) is 4.68. The maximum Gasteiger partial charge on any atom is 0.417 e. The molecule has 1 aliphatic rings. The summed E-state index contributed by atoms with van der Waals surface area (Å²) in [6.45, 7) is 1.65. The van der Waals surface area contributed by atoms with E-state index in [-0.39, 0.29) is 32.7 Å². The molecule has 0 saturated carbocycles. The molecule has 0 unspecified atom stereocenters. The Morgan fingerprint density at radius 1 is 1.10 bits per heavy atom. The van der Waals surface area contributed by atoms with Crippen LogP contribution in [0.3, 0.4) is 0 Å². The molecule has 1 saturated heterocycles. The predicted molar refractivity (Wildman–Crippen MR) is 115 cm³/mol. The molecule has 3 nitrogen and oxygen atoms in total. The third-order valence-electron chi connectivity index (χ3n) is 4.85. The number of carbonyl (C=O) groups excluding carboxylic acids is 2. The molecule has 0 radical (unpaired) electrons. The zero-order valence-electron chi connectivity index (χ0n) is 15.6. The van der Waals surface area contributed by atoms with E-state index in [1.165, 1.54) is 18.2 Å². The van der Waals surface area contributed by atoms with Gasteiger partial charge in [-0.3, -0.25) is 9.59 Å². The van der Waals surface area contributed by atoms with Crippen molar-refractivity contribution in [3.8, 4) is 0 Å². The van der Waals surface area contributed by atoms with Crippen molar-refractivity contribution in [3.63, 3.8) is 0 Å². The van der Waals surface area contributed by atoms with E-state index in [4.69, 9.17) is 28.9 Å². The van der Waals surface area contributed by atoms with Gasteiger partial charge >= 0.3 is 6.18 Å². The highest BCUT2D eigenvalue weighted by Crippen LogP contribution is 2.40. The molecular weight excluding hydrogens is 458 g/mol. The summed E-state index contributed by atoms with van der Waals surface area (Å²) in [5.41, 5.74) is 5.40. The molecule has 1 amide bonds. The number of hydrogen-bond donors (Lipinski definition) is 1. The number of carbonyl (C=O) groups is 2. The quantitative estimate of drug-likeness (QED) is 0.424. The number of hydrogen-bond acceptors (Lipinski definition) is 3. The summed E-state index contributed by atoms with van der Waals surface area (Å²) in [7, 11) is 0. The Morgan fingerprint density at radius 3 is 2.13 bits per heavy atom. The molecule has 1 fully saturated rings. The molecule has 2 aromatic rings. The zero-order chi connectivity index (χ0) is 22.2. The van der Waals surface area contributed by atoms with Crippen molar-refractivity contribution in [1.29, 1.82) is 0 Å². The zero-order valence-corrected chi connectivity index (χ0v) is 18.0. The molecule has 1 aliphatic heterocycles. The molecule has 2 N–H and O–H groups in total. The molecule has 9 heteroatoms. The van der Waals surface area contributed by atoms with E-state index < -0.39 is 23.4 Å². The molecule has 0 atom stereocenters. The summed E-state index contributed by atoms with van der Waals surface area (Å²) < 4.78 is 41.3. The monoisotopic (exact) mass is 473 g/mol. The average molecular weight is 474 g/mol. The van der Waals surface area contributed by atoms with Gasteiger partial charge in [0.2, 0.25) is 5.91 Å². The van der Waals surface area contributed by atoms with Gasteiger partial charge < -0.3 is 5.73 Å². The van der Waals surface area contributed by atoms with Crippen LogP contribution in [0, 0.1) is 6.92 Å². The smallest absolute Gasteiger partial charge is 0.366 e. The topological polar surface area (TPSA) is 60.2 Å². The molecule has 2 aromatic carbocycles. The van der Waals surface area contributed by atoms with E-state index in [9.17, 15) is 22.8 Å². The third-order valence-corrected chi connectivity index (χ3v) is 6.56. The van der Waals surface area contributed by atoms with Gasteiger partial charge in [-0.2, -0.15) is 24.9 Å². The Labute approximate surface area is 185 Å². The van der Waals surface area contributed by atoms with Crippen molar-refractivity contribution < 1.29 is 22.8 Å². The second-order valence-corrected chi connectivity index (χ2v) is 8.82. The number of thioether (sulfide) groups is 1. The lowest BCUT2D eigenvalue weighted by Crippen LogP contribution is -2.23. The van der Waals surface area contributed by atoms with Gasteiger partial charge in [-0.05, 0) is 60.0 Å². The predicted octanol–water partition coefficient (Wildman–Crippen LogP) is 6.06. The van der Waals surface area contributed by atoms with Crippen LogP contribution >= 0.6 is 35.0 Å². The summed E-state index contributed by atoms with van der Waals surface area (Å²) in [6, 6.07) is 6.25. The highest BCUT2D eigenvalue weighted by molar-refractivity contribution is 8.00. The maximum absolute atomic E-state index is 13.8. The normalized spacial score (nSPS) is 15.1. The summed E-state index contributed by atoms with van der Waals surface area (Å²) in [5, 5.41) is 0.0443. The number of benzene rings is 2. The lowest BCUT2D eigenvalue weighted by Gasteiger charge is -2.29. The summed E-state index contributed by atoms with van der Waals surface area (Å²) in [5.74, 6) is -0.0764. The van der Waals surface area contributed by atoms with Crippen LogP contribution in [-0.2, 0) is 0 Å². The van der Waals surface area contributed by atoms with Crippen molar-refractivity contribution in [2.75, 3.05) is 11.5 Å². The number of nitrogens with two attached hydrogens (primary N) is 1. The average Bonchev–Trinajstić information content (AvgIpc) is 2.57. The molecule has 0 aliphatic carbocycles. The number of amides is 1. The number of halogens is 5. The van der Waals surface area contributed by atoms with Gasteiger partial charge in [0.1, 0.15) is 0 Å². The largest absolute Gasteiger partial charge is 0.417 e. The minimum absolute atomic E-state index is 0.0222. The summed E-state index contributed by atoms with van der Waals surface area (Å²) in [6.07, 6.45) is -4.26. The Bertz CT molecular complexity index is 1040. The SMILES string of the molecule is Cc1c(C(N)=O)ccc(C(=O)/C=C(/c2cc(Cl)cc(Cl)c2)C(F)(F)F)c1C1CSC1. The fourth-order valence-corrected chi connectivity index (χ4v) is 4.72. The van der Waals surface area contributed by atoms with Gasteiger partial charge in [0, 0.05) is 38.6 Å². The van der Waals surface area contributed by atoms with E-state index in [2.05, 4.69) is 0 Å². The van der Waals surface area contributed by atoms with E-state index in [1.54, 1.807) is 18.7 Å². The Balaban J connectivity index is 2.15. The van der Waals surface area contributed by atoms with Crippen LogP contribution in [0.25, 0.3) is 5.57 Å². The molecular formula is C21H16Cl2F3NO2S. The van der Waals surface area contributed by atoms with Crippen molar-refractivity contribution in [1.82, 2.24) is 0 Å². The minimum Gasteiger partial charge on any atom is -0.366 e. The van der Waals surface area contributed by atoms with Gasteiger partial charge in [-0.15, -0.1) is 0 Å². The second kappa shape index (κ2) is 8.65. The molecule has 0 spiro atoms. The molecule has 0 bridgehead atoms. The van der Waals surface area contributed by atoms with E-state index in [1.807, 2.05) is 0 Å². The number of primary amides is 1. The summed E-state index contributed by atoms with van der Waals surface area (Å²) in [4.78, 5) is 24.7. The Morgan fingerprint density at radius 2 is 1.67 bits per heavy atom. The van der Waals surface area contributed by atoms with E-state index >= 15 is 0 Å². The first-order valence-corrected chi connectivity index (χ1v) is 10.7. The van der Waals surface area contributed by atoms with Crippen molar-refractivity contribution >= 4 is 52.2 Å². The Hall–Kier alpha value is -1.96. The van der Waals surface area contributed by atoms with Crippen LogP contribution < -0.4 is 5.73 Å². The van der Waals surface area contributed by atoms with Crippen LogP contribution in [-0.4, -0.2) is 29.4 Å². The highest BCUT2D eigenvalue weighted by atomic mass is 35.5. The minimum atomic E-state index is -4.81. The van der Waals surface area contributed by atoms with Crippen LogP contribution in [0.1, 0.15) is 43.3 Å². The van der Waals surface area contributed by atoms with Crippen LogP contribution in [0.2, 0.25) is 10.0 Å². The molecule has 30 heavy (non-hydrogen) atoms. The van der Waals surface area contributed by atoms with E-state index in [0.29, 0.717) is 28.7 Å². The van der Waals surface area contributed by atoms with Crippen molar-refractivity contribution in [2.24, 2.45) is 5.73 Å². The van der Waals surface area contributed by atoms with Crippen LogP contribution in [0.15, 0.2) is 36.4 Å². The number of ketones is 1. The molecule has 158 valence electrons. The van der Waals surface area contributed by atoms with Gasteiger partial charge in [0.05, 0.1) is 5.57 Å². The highest BCUT2D eigenvalue weighted by Gasteiger charge is 2.36. The van der Waals surface area contributed by atoms with Gasteiger partial charge in [0.15, 0.2) is 5.78 Å². The van der Waals surface area contributed by atoms with Crippen LogP contribution in [0.4, 0.5) is 13.2 Å². The fraction of sp³-hybridized carbons (Fsp3) is 0.238. The molecule has 1 heterocycles. The first-order valence-electron chi connectivity index (χ1n) is 8.79. The first kappa shape index (κ1) is 22.7. The van der Waals surface area contributed by atoms with Gasteiger partial charge in [-0.1, -0.05) is 23.2 Å². The fourth-order valence-electron chi connectivity index (χ4n) is 3.39. The lowest BCUT2D eigenvalue weighted by molar-refractivity contribution is -0.0689. The van der Waals surface area contributed by atoms with Gasteiger partial charge in [-0.25, -0.2) is 0 Å². The van der Waals surface area contributed by atoms with E-state index in [0.717, 1.165) is 12.1 Å². The van der Waals surface area contributed by atoms with Crippen LogP contribution in [0.5, 0.6) is 0 Å². The molecule has 3 rings (SSSR count). The number of allylic oxidation sites excluding steroid dienone is 2.